The highest BCUT2D eigenvalue weighted by molar-refractivity contribution is 5.81. The molecule has 0 nitrogen and oxygen atoms in total. The molecule has 0 unspecified atom stereocenters. The maximum absolute atomic E-state index is 2.37. The van der Waals surface area contributed by atoms with E-state index in [1.807, 2.05) is 0 Å². The van der Waals surface area contributed by atoms with Crippen molar-refractivity contribution in [3.8, 4) is 11.1 Å². The van der Waals surface area contributed by atoms with E-state index in [9.17, 15) is 0 Å². The van der Waals surface area contributed by atoms with Crippen LogP contribution in [-0.4, -0.2) is 0 Å². The fourth-order valence-corrected chi connectivity index (χ4v) is 3.48. The Morgan fingerprint density at radius 1 is 0.882 bits per heavy atom. The van der Waals surface area contributed by atoms with Crippen molar-refractivity contribution in [1.29, 1.82) is 0 Å². The van der Waals surface area contributed by atoms with Crippen molar-refractivity contribution in [3.05, 3.63) is 58.1 Å². The van der Waals surface area contributed by atoms with Crippen LogP contribution in [0.15, 0.2) is 30.3 Å². The molecule has 4 rings (SSSR count). The minimum absolute atomic E-state index is 1.14. The van der Waals surface area contributed by atoms with Crippen LogP contribution >= 0.6 is 0 Å². The van der Waals surface area contributed by atoms with Crippen LogP contribution in [-0.2, 0) is 19.3 Å². The summed E-state index contributed by atoms with van der Waals surface area (Å²) in [5, 5.41) is 0. The molecule has 0 heteroatoms. The third-order valence-corrected chi connectivity index (χ3v) is 4.28. The summed E-state index contributed by atoms with van der Waals surface area (Å²) in [5.41, 5.74) is 10.8. The van der Waals surface area contributed by atoms with E-state index in [-0.39, 0.29) is 0 Å². The fourth-order valence-electron chi connectivity index (χ4n) is 3.48. The average molecular weight is 220 g/mol. The Morgan fingerprint density at radius 3 is 2.65 bits per heavy atom. The predicted octanol–water partition coefficient (Wildman–Crippen LogP) is 4.05. The first kappa shape index (κ1) is 9.47. The Labute approximate surface area is 102 Å². The van der Waals surface area contributed by atoms with Crippen LogP contribution in [0.25, 0.3) is 11.1 Å². The summed E-state index contributed by atoms with van der Waals surface area (Å²) < 4.78 is 0. The second-order valence-electron chi connectivity index (χ2n) is 5.43. The number of fused-ring (bicyclic) bond motifs is 5. The van der Waals surface area contributed by atoms with Gasteiger partial charge in [-0.05, 0) is 66.0 Å². The highest BCUT2D eigenvalue weighted by atomic mass is 14.3. The van der Waals surface area contributed by atoms with Gasteiger partial charge in [0.05, 0.1) is 0 Å². The van der Waals surface area contributed by atoms with Gasteiger partial charge in [0.2, 0.25) is 0 Å². The standard InChI is InChI=1S/C17H16/c1-11-5-6-13-10-14-8-7-12-3-2-4-15(12)17(14)16(13)9-11/h5-9H,2-4,10H2,1H3. The highest BCUT2D eigenvalue weighted by Gasteiger charge is 2.25. The number of hydrogen-bond donors (Lipinski definition) is 0. The average Bonchev–Trinajstić information content (AvgIpc) is 2.90. The molecular formula is C17H16. The second-order valence-corrected chi connectivity index (χ2v) is 5.43. The van der Waals surface area contributed by atoms with E-state index in [0.717, 1.165) is 6.42 Å². The van der Waals surface area contributed by atoms with Crippen molar-refractivity contribution in [3.63, 3.8) is 0 Å². The number of rotatable bonds is 0. The first-order valence-electron chi connectivity index (χ1n) is 6.56. The van der Waals surface area contributed by atoms with Crippen molar-refractivity contribution in [2.45, 2.75) is 32.6 Å². The van der Waals surface area contributed by atoms with Gasteiger partial charge in [0.1, 0.15) is 0 Å². The van der Waals surface area contributed by atoms with Gasteiger partial charge in [-0.1, -0.05) is 35.9 Å². The summed E-state index contributed by atoms with van der Waals surface area (Å²) in [6, 6.07) is 11.6. The Bertz CT molecular complexity index is 620. The van der Waals surface area contributed by atoms with Gasteiger partial charge < -0.3 is 0 Å². The summed E-state index contributed by atoms with van der Waals surface area (Å²) in [6.45, 7) is 2.20. The molecule has 0 radical (unpaired) electrons. The lowest BCUT2D eigenvalue weighted by atomic mass is 9.96. The summed E-state index contributed by atoms with van der Waals surface area (Å²) in [7, 11) is 0. The topological polar surface area (TPSA) is 0 Å². The molecule has 0 heterocycles. The van der Waals surface area contributed by atoms with Gasteiger partial charge in [-0.15, -0.1) is 0 Å². The van der Waals surface area contributed by atoms with Gasteiger partial charge >= 0.3 is 0 Å². The van der Waals surface area contributed by atoms with Gasteiger partial charge in [-0.2, -0.15) is 0 Å². The van der Waals surface area contributed by atoms with Crippen LogP contribution in [0.5, 0.6) is 0 Å². The van der Waals surface area contributed by atoms with Crippen molar-refractivity contribution in [2.75, 3.05) is 0 Å². The van der Waals surface area contributed by atoms with E-state index in [1.165, 1.54) is 36.0 Å². The van der Waals surface area contributed by atoms with Crippen LogP contribution in [0, 0.1) is 6.92 Å². The van der Waals surface area contributed by atoms with Crippen molar-refractivity contribution in [1.82, 2.24) is 0 Å². The van der Waals surface area contributed by atoms with Crippen molar-refractivity contribution >= 4 is 0 Å². The molecule has 2 aromatic carbocycles. The van der Waals surface area contributed by atoms with Crippen molar-refractivity contribution < 1.29 is 0 Å². The Hall–Kier alpha value is -1.56. The zero-order valence-electron chi connectivity index (χ0n) is 10.2. The van der Waals surface area contributed by atoms with Crippen LogP contribution in [0.1, 0.15) is 34.2 Å². The van der Waals surface area contributed by atoms with E-state index in [2.05, 4.69) is 37.3 Å². The van der Waals surface area contributed by atoms with E-state index in [4.69, 9.17) is 0 Å². The van der Waals surface area contributed by atoms with Crippen LogP contribution in [0.2, 0.25) is 0 Å². The molecule has 2 aromatic rings. The largest absolute Gasteiger partial charge is 0.0590 e. The molecule has 84 valence electrons. The van der Waals surface area contributed by atoms with E-state index >= 15 is 0 Å². The molecule has 2 aliphatic carbocycles. The Kier molecular flexibility index (Phi) is 1.80. The fraction of sp³-hybridized carbons (Fsp3) is 0.294. The maximum Gasteiger partial charge on any atom is -0.00133 e. The molecule has 17 heavy (non-hydrogen) atoms. The third kappa shape index (κ3) is 1.24. The summed E-state index contributed by atoms with van der Waals surface area (Å²) in [4.78, 5) is 0. The molecule has 0 atom stereocenters. The third-order valence-electron chi connectivity index (χ3n) is 4.28. The maximum atomic E-state index is 2.37. The van der Waals surface area contributed by atoms with Gasteiger partial charge in [0, 0.05) is 0 Å². The summed E-state index contributed by atoms with van der Waals surface area (Å²) in [5.74, 6) is 0. The number of aryl methyl sites for hydroxylation is 2. The van der Waals surface area contributed by atoms with Crippen molar-refractivity contribution in [2.24, 2.45) is 0 Å². The van der Waals surface area contributed by atoms with Crippen LogP contribution in [0.4, 0.5) is 0 Å². The minimum Gasteiger partial charge on any atom is -0.0590 e. The summed E-state index contributed by atoms with van der Waals surface area (Å²) in [6.07, 6.45) is 5.04. The first-order valence-corrected chi connectivity index (χ1v) is 6.56. The molecule has 0 fully saturated rings. The van der Waals surface area contributed by atoms with Gasteiger partial charge in [-0.25, -0.2) is 0 Å². The highest BCUT2D eigenvalue weighted by Crippen LogP contribution is 2.43. The Balaban J connectivity index is 2.04. The lowest BCUT2D eigenvalue weighted by Crippen LogP contribution is -1.89. The van der Waals surface area contributed by atoms with E-state index in [1.54, 1.807) is 22.3 Å². The minimum atomic E-state index is 1.14. The SMILES string of the molecule is Cc1ccc2c(c1)-c1c(ccc3c1CCC3)C2. The van der Waals surface area contributed by atoms with Gasteiger partial charge in [-0.3, -0.25) is 0 Å². The molecule has 0 saturated heterocycles. The monoisotopic (exact) mass is 220 g/mol. The predicted molar refractivity (Wildman–Crippen MR) is 71.4 cm³/mol. The lowest BCUT2D eigenvalue weighted by Gasteiger charge is -2.09. The first-order chi connectivity index (χ1) is 8.33. The Morgan fingerprint density at radius 2 is 1.71 bits per heavy atom. The molecule has 0 bridgehead atoms. The smallest absolute Gasteiger partial charge is 0.00133 e. The van der Waals surface area contributed by atoms with Crippen LogP contribution < -0.4 is 0 Å². The van der Waals surface area contributed by atoms with Gasteiger partial charge in [0.15, 0.2) is 0 Å². The normalized spacial score (nSPS) is 15.6. The molecule has 0 spiro atoms. The second kappa shape index (κ2) is 3.22. The van der Waals surface area contributed by atoms with E-state index in [0.29, 0.717) is 0 Å². The molecular weight excluding hydrogens is 204 g/mol. The molecule has 2 aliphatic rings. The zero-order chi connectivity index (χ0) is 11.4. The zero-order valence-corrected chi connectivity index (χ0v) is 10.2. The molecule has 0 aromatic heterocycles. The lowest BCUT2D eigenvalue weighted by molar-refractivity contribution is 0.912. The number of benzene rings is 2. The van der Waals surface area contributed by atoms with Gasteiger partial charge in [0.25, 0.3) is 0 Å². The molecule has 0 aliphatic heterocycles. The van der Waals surface area contributed by atoms with E-state index < -0.39 is 0 Å². The molecule has 0 saturated carbocycles. The summed E-state index contributed by atoms with van der Waals surface area (Å²) >= 11 is 0. The molecule has 0 amide bonds. The van der Waals surface area contributed by atoms with Crippen LogP contribution in [0.3, 0.4) is 0 Å². The quantitative estimate of drug-likeness (QED) is 0.536. The number of hydrogen-bond acceptors (Lipinski definition) is 0. The molecule has 0 N–H and O–H groups in total.